The van der Waals surface area contributed by atoms with Gasteiger partial charge in [-0.25, -0.2) is 0 Å². The molecule has 0 fully saturated rings. The molecule has 102 valence electrons. The van der Waals surface area contributed by atoms with Crippen LogP contribution in [0.1, 0.15) is 44.1 Å². The van der Waals surface area contributed by atoms with Gasteiger partial charge in [-0.3, -0.25) is 0 Å². The third-order valence-electron chi connectivity index (χ3n) is 3.44. The minimum absolute atomic E-state index is 0.171. The minimum Gasteiger partial charge on any atom is -0.382 e. The molecule has 3 nitrogen and oxygen atoms in total. The maximum Gasteiger partial charge on any atom is 0.100 e. The van der Waals surface area contributed by atoms with E-state index in [1.54, 1.807) is 6.07 Å². The molecule has 0 bridgehead atoms. The van der Waals surface area contributed by atoms with Crippen molar-refractivity contribution in [3.8, 4) is 12.1 Å². The van der Waals surface area contributed by atoms with Gasteiger partial charge >= 0.3 is 0 Å². The molecule has 1 aromatic rings. The molecular weight excluding hydrogens is 256 g/mol. The van der Waals surface area contributed by atoms with Crippen LogP contribution in [-0.4, -0.2) is 13.2 Å². The maximum absolute atomic E-state index is 9.70. The summed E-state index contributed by atoms with van der Waals surface area (Å²) >= 11 is 1.51. The highest BCUT2D eigenvalue weighted by Crippen LogP contribution is 2.41. The van der Waals surface area contributed by atoms with E-state index in [4.69, 9.17) is 4.74 Å². The Hall–Kier alpha value is -1.36. The van der Waals surface area contributed by atoms with Crippen LogP contribution in [0.25, 0.3) is 0 Å². The summed E-state index contributed by atoms with van der Waals surface area (Å²) in [6.45, 7) is 7.42. The van der Waals surface area contributed by atoms with Crippen LogP contribution in [0.15, 0.2) is 11.4 Å². The molecule has 0 amide bonds. The van der Waals surface area contributed by atoms with Gasteiger partial charge in [0.25, 0.3) is 0 Å². The van der Waals surface area contributed by atoms with Crippen LogP contribution >= 0.6 is 11.3 Å². The quantitative estimate of drug-likeness (QED) is 0.711. The van der Waals surface area contributed by atoms with E-state index in [0.717, 1.165) is 17.7 Å². The molecule has 19 heavy (non-hydrogen) atoms. The first-order valence-electron chi connectivity index (χ1n) is 6.59. The van der Waals surface area contributed by atoms with Crippen LogP contribution in [0.5, 0.6) is 0 Å². The van der Waals surface area contributed by atoms with E-state index in [1.807, 2.05) is 26.2 Å². The summed E-state index contributed by atoms with van der Waals surface area (Å²) in [6, 6.07) is 6.48. The molecule has 1 rings (SSSR count). The van der Waals surface area contributed by atoms with E-state index in [1.165, 1.54) is 11.3 Å². The van der Waals surface area contributed by atoms with Crippen molar-refractivity contribution in [3.05, 3.63) is 21.9 Å². The predicted octanol–water partition coefficient (Wildman–Crippen LogP) is 3.85. The van der Waals surface area contributed by atoms with E-state index in [-0.39, 0.29) is 5.92 Å². The van der Waals surface area contributed by atoms with Gasteiger partial charge in [-0.05, 0) is 37.1 Å². The van der Waals surface area contributed by atoms with Gasteiger partial charge in [-0.2, -0.15) is 10.5 Å². The van der Waals surface area contributed by atoms with Gasteiger partial charge in [0.05, 0.1) is 17.0 Å². The van der Waals surface area contributed by atoms with Crippen molar-refractivity contribution < 1.29 is 4.74 Å². The summed E-state index contributed by atoms with van der Waals surface area (Å²) in [7, 11) is 0. The number of nitriles is 2. The molecule has 1 aromatic heterocycles. The zero-order chi connectivity index (χ0) is 14.3. The molecule has 0 radical (unpaired) electrons. The normalized spacial score (nSPS) is 13.8. The SMILES string of the molecule is CCOCCCC(C#N)(c1sccc1C#N)C(C)C. The topological polar surface area (TPSA) is 56.8 Å². The molecule has 0 N–H and O–H groups in total. The third kappa shape index (κ3) is 3.35. The van der Waals surface area contributed by atoms with Crippen LogP contribution in [0.2, 0.25) is 0 Å². The molecule has 0 saturated heterocycles. The fraction of sp³-hybridized carbons (Fsp3) is 0.600. The Bertz CT molecular complexity index is 481. The highest BCUT2D eigenvalue weighted by molar-refractivity contribution is 7.10. The van der Waals surface area contributed by atoms with Crippen molar-refractivity contribution >= 4 is 11.3 Å². The van der Waals surface area contributed by atoms with Crippen LogP contribution in [0.3, 0.4) is 0 Å². The van der Waals surface area contributed by atoms with E-state index >= 15 is 0 Å². The number of ether oxygens (including phenoxy) is 1. The molecule has 1 unspecified atom stereocenters. The van der Waals surface area contributed by atoms with Crippen LogP contribution in [0, 0.1) is 28.6 Å². The van der Waals surface area contributed by atoms with Crippen molar-refractivity contribution in [2.24, 2.45) is 5.92 Å². The monoisotopic (exact) mass is 276 g/mol. The molecule has 1 heterocycles. The Morgan fingerprint density at radius 3 is 2.68 bits per heavy atom. The predicted molar refractivity (Wildman–Crippen MR) is 76.9 cm³/mol. The first-order valence-corrected chi connectivity index (χ1v) is 7.47. The van der Waals surface area contributed by atoms with E-state index in [0.29, 0.717) is 18.8 Å². The van der Waals surface area contributed by atoms with Crippen molar-refractivity contribution in [1.29, 1.82) is 10.5 Å². The van der Waals surface area contributed by atoms with E-state index in [2.05, 4.69) is 12.1 Å². The summed E-state index contributed by atoms with van der Waals surface area (Å²) in [4.78, 5) is 0.906. The molecular formula is C15H20N2OS. The average molecular weight is 276 g/mol. The lowest BCUT2D eigenvalue weighted by Crippen LogP contribution is -2.31. The second-order valence-corrected chi connectivity index (χ2v) is 5.73. The van der Waals surface area contributed by atoms with Gasteiger partial charge in [-0.1, -0.05) is 13.8 Å². The highest BCUT2D eigenvalue weighted by Gasteiger charge is 2.38. The lowest BCUT2D eigenvalue weighted by Gasteiger charge is -2.30. The molecule has 0 aromatic carbocycles. The van der Waals surface area contributed by atoms with Crippen molar-refractivity contribution in [1.82, 2.24) is 0 Å². The Kier molecular flexibility index (Phi) is 6.02. The molecule has 4 heteroatoms. The largest absolute Gasteiger partial charge is 0.382 e. The van der Waals surface area contributed by atoms with Gasteiger partial charge in [0.2, 0.25) is 0 Å². The number of hydrogen-bond donors (Lipinski definition) is 0. The Morgan fingerprint density at radius 1 is 1.42 bits per heavy atom. The van der Waals surface area contributed by atoms with E-state index < -0.39 is 5.41 Å². The van der Waals surface area contributed by atoms with E-state index in [9.17, 15) is 10.5 Å². The third-order valence-corrected chi connectivity index (χ3v) is 4.53. The number of hydrogen-bond acceptors (Lipinski definition) is 4. The second-order valence-electron chi connectivity index (χ2n) is 4.81. The molecule has 0 spiro atoms. The van der Waals surface area contributed by atoms with Gasteiger partial charge in [0.15, 0.2) is 0 Å². The lowest BCUT2D eigenvalue weighted by molar-refractivity contribution is 0.137. The number of rotatable bonds is 7. The van der Waals surface area contributed by atoms with Crippen molar-refractivity contribution in [2.75, 3.05) is 13.2 Å². The standard InChI is InChI=1S/C15H20N2OS/c1-4-18-8-5-7-15(11-17,12(2)3)14-13(10-16)6-9-19-14/h6,9,12H,4-5,7-8H2,1-3H3. The summed E-state index contributed by atoms with van der Waals surface area (Å²) in [6.07, 6.45) is 1.57. The van der Waals surface area contributed by atoms with Gasteiger partial charge in [-0.15, -0.1) is 11.3 Å². The van der Waals surface area contributed by atoms with Gasteiger partial charge in [0.1, 0.15) is 6.07 Å². The maximum atomic E-state index is 9.70. The fourth-order valence-electron chi connectivity index (χ4n) is 2.24. The Balaban J connectivity index is 3.01. The number of thiophene rings is 1. The smallest absolute Gasteiger partial charge is 0.100 e. The van der Waals surface area contributed by atoms with Gasteiger partial charge in [0, 0.05) is 18.1 Å². The highest BCUT2D eigenvalue weighted by atomic mass is 32.1. The first kappa shape index (κ1) is 15.7. The lowest BCUT2D eigenvalue weighted by atomic mass is 9.73. The summed E-state index contributed by atoms with van der Waals surface area (Å²) in [5, 5.41) is 20.8. The van der Waals surface area contributed by atoms with Crippen molar-refractivity contribution in [2.45, 2.75) is 39.0 Å². The van der Waals surface area contributed by atoms with Crippen molar-refractivity contribution in [3.63, 3.8) is 0 Å². The summed E-state index contributed by atoms with van der Waals surface area (Å²) < 4.78 is 5.36. The second kappa shape index (κ2) is 7.28. The van der Waals surface area contributed by atoms with Gasteiger partial charge < -0.3 is 4.74 Å². The summed E-state index contributed by atoms with van der Waals surface area (Å²) in [5.41, 5.74) is 0.0627. The zero-order valence-electron chi connectivity index (χ0n) is 11.8. The Labute approximate surface area is 119 Å². The molecule has 0 aliphatic rings. The van der Waals surface area contributed by atoms with Crippen LogP contribution < -0.4 is 0 Å². The fourth-order valence-corrected chi connectivity index (χ4v) is 3.41. The number of nitrogens with zero attached hydrogens (tertiary/aromatic N) is 2. The molecule has 1 atom stereocenters. The minimum atomic E-state index is -0.573. The Morgan fingerprint density at radius 2 is 2.16 bits per heavy atom. The average Bonchev–Trinajstić information content (AvgIpc) is 2.87. The molecule has 0 aliphatic heterocycles. The molecule has 0 saturated carbocycles. The first-order chi connectivity index (χ1) is 9.12. The van der Waals surface area contributed by atoms with Crippen LogP contribution in [0.4, 0.5) is 0 Å². The van der Waals surface area contributed by atoms with Crippen LogP contribution in [-0.2, 0) is 10.2 Å². The molecule has 0 aliphatic carbocycles. The summed E-state index contributed by atoms with van der Waals surface area (Å²) in [5.74, 6) is 0.171. The zero-order valence-corrected chi connectivity index (χ0v) is 12.6.